The smallest absolute Gasteiger partial charge is 0.321 e. The lowest BCUT2D eigenvalue weighted by molar-refractivity contribution is 0.184. The molecule has 1 aromatic rings. The predicted octanol–water partition coefficient (Wildman–Crippen LogP) is 2.44. The lowest BCUT2D eigenvalue weighted by Crippen LogP contribution is -2.37. The van der Waals surface area contributed by atoms with Gasteiger partial charge in [0.2, 0.25) is 0 Å². The number of carbonyl (C=O) groups excluding carboxylic acids is 1. The van der Waals surface area contributed by atoms with Crippen LogP contribution in [0.1, 0.15) is 12.5 Å². The first-order valence-electron chi connectivity index (χ1n) is 6.07. The standard InChI is InChI=1S/C13H19BrN2O3/c1-3-16(7-8-17)13(18)15-12-6-4-5-11(14)10(12)9-19-2/h4-6,17H,3,7-9H2,1-2H3,(H,15,18). The molecule has 2 amide bonds. The number of anilines is 1. The van der Waals surface area contributed by atoms with Gasteiger partial charge in [0, 0.05) is 35.9 Å². The van der Waals surface area contributed by atoms with Crippen molar-refractivity contribution in [3.63, 3.8) is 0 Å². The van der Waals surface area contributed by atoms with Gasteiger partial charge in [0.15, 0.2) is 0 Å². The number of amides is 2. The van der Waals surface area contributed by atoms with Gasteiger partial charge in [0.25, 0.3) is 0 Å². The average molecular weight is 331 g/mol. The number of nitrogens with zero attached hydrogens (tertiary/aromatic N) is 1. The molecule has 0 atom stereocenters. The molecule has 0 saturated carbocycles. The van der Waals surface area contributed by atoms with Crippen molar-refractivity contribution in [3.8, 4) is 0 Å². The van der Waals surface area contributed by atoms with Gasteiger partial charge in [-0.1, -0.05) is 22.0 Å². The van der Waals surface area contributed by atoms with E-state index < -0.39 is 0 Å². The number of rotatable bonds is 6. The summed E-state index contributed by atoms with van der Waals surface area (Å²) in [6.07, 6.45) is 0. The minimum atomic E-state index is -0.230. The number of halogens is 1. The molecule has 0 heterocycles. The summed E-state index contributed by atoms with van der Waals surface area (Å²) in [4.78, 5) is 13.6. The topological polar surface area (TPSA) is 61.8 Å². The summed E-state index contributed by atoms with van der Waals surface area (Å²) in [7, 11) is 1.61. The quantitative estimate of drug-likeness (QED) is 0.842. The number of aliphatic hydroxyl groups excluding tert-OH is 1. The third kappa shape index (κ3) is 4.49. The minimum absolute atomic E-state index is 0.0509. The molecule has 0 aromatic heterocycles. The van der Waals surface area contributed by atoms with Crippen LogP contribution >= 0.6 is 15.9 Å². The number of carbonyl (C=O) groups is 1. The molecular formula is C13H19BrN2O3. The van der Waals surface area contributed by atoms with Crippen molar-refractivity contribution >= 4 is 27.6 Å². The summed E-state index contributed by atoms with van der Waals surface area (Å²) in [5.74, 6) is 0. The maximum atomic E-state index is 12.0. The molecule has 0 aliphatic carbocycles. The fraction of sp³-hybridized carbons (Fsp3) is 0.462. The lowest BCUT2D eigenvalue weighted by Gasteiger charge is -2.21. The zero-order valence-corrected chi connectivity index (χ0v) is 12.7. The Morgan fingerprint density at radius 2 is 2.26 bits per heavy atom. The molecule has 0 aliphatic rings. The summed E-state index contributed by atoms with van der Waals surface area (Å²) in [5, 5.41) is 11.8. The fourth-order valence-electron chi connectivity index (χ4n) is 1.69. The van der Waals surface area contributed by atoms with E-state index in [-0.39, 0.29) is 12.6 Å². The van der Waals surface area contributed by atoms with Crippen molar-refractivity contribution in [2.24, 2.45) is 0 Å². The van der Waals surface area contributed by atoms with E-state index in [1.165, 1.54) is 4.90 Å². The van der Waals surface area contributed by atoms with E-state index in [0.29, 0.717) is 25.4 Å². The van der Waals surface area contributed by atoms with Crippen LogP contribution in [-0.2, 0) is 11.3 Å². The van der Waals surface area contributed by atoms with Gasteiger partial charge in [-0.25, -0.2) is 4.79 Å². The number of benzene rings is 1. The normalized spacial score (nSPS) is 10.3. The molecule has 6 heteroatoms. The predicted molar refractivity (Wildman–Crippen MR) is 78.2 cm³/mol. The Bertz CT molecular complexity index is 426. The van der Waals surface area contributed by atoms with Gasteiger partial charge in [-0.05, 0) is 19.1 Å². The zero-order chi connectivity index (χ0) is 14.3. The van der Waals surface area contributed by atoms with Crippen LogP contribution < -0.4 is 5.32 Å². The molecule has 0 radical (unpaired) electrons. The summed E-state index contributed by atoms with van der Waals surface area (Å²) < 4.78 is 6.02. The van der Waals surface area contributed by atoms with Crippen LogP contribution in [0, 0.1) is 0 Å². The van der Waals surface area contributed by atoms with Gasteiger partial charge in [-0.2, -0.15) is 0 Å². The van der Waals surface area contributed by atoms with Crippen LogP contribution in [0.3, 0.4) is 0 Å². The Labute approximate surface area is 121 Å². The monoisotopic (exact) mass is 330 g/mol. The van der Waals surface area contributed by atoms with E-state index >= 15 is 0 Å². The van der Waals surface area contributed by atoms with E-state index in [4.69, 9.17) is 9.84 Å². The van der Waals surface area contributed by atoms with E-state index in [2.05, 4.69) is 21.2 Å². The second-order valence-corrected chi connectivity index (χ2v) is 4.79. The molecule has 0 saturated heterocycles. The van der Waals surface area contributed by atoms with E-state index in [1.54, 1.807) is 7.11 Å². The molecule has 0 bridgehead atoms. The molecule has 1 aromatic carbocycles. The first kappa shape index (κ1) is 15.9. The molecular weight excluding hydrogens is 312 g/mol. The van der Waals surface area contributed by atoms with Crippen molar-refractivity contribution in [1.29, 1.82) is 0 Å². The summed E-state index contributed by atoms with van der Waals surface area (Å²) in [5.41, 5.74) is 1.59. The van der Waals surface area contributed by atoms with Crippen molar-refractivity contribution < 1.29 is 14.6 Å². The van der Waals surface area contributed by atoms with Crippen LogP contribution in [0.4, 0.5) is 10.5 Å². The number of nitrogens with one attached hydrogen (secondary N) is 1. The maximum absolute atomic E-state index is 12.0. The van der Waals surface area contributed by atoms with Crippen molar-refractivity contribution in [3.05, 3.63) is 28.2 Å². The molecule has 5 nitrogen and oxygen atoms in total. The summed E-state index contributed by atoms with van der Waals surface area (Å²) in [6.45, 7) is 3.08. The number of methoxy groups -OCH3 is 1. The number of urea groups is 1. The van der Waals surface area contributed by atoms with Gasteiger partial charge >= 0.3 is 6.03 Å². The molecule has 0 fully saturated rings. The zero-order valence-electron chi connectivity index (χ0n) is 11.1. The fourth-order valence-corrected chi connectivity index (χ4v) is 2.17. The highest BCUT2D eigenvalue weighted by Gasteiger charge is 2.14. The summed E-state index contributed by atoms with van der Waals surface area (Å²) in [6, 6.07) is 5.34. The van der Waals surface area contributed by atoms with Gasteiger partial charge in [0.05, 0.1) is 13.2 Å². The Kier molecular flexibility index (Phi) is 6.83. The van der Waals surface area contributed by atoms with Crippen LogP contribution in [-0.4, -0.2) is 42.8 Å². The molecule has 19 heavy (non-hydrogen) atoms. The van der Waals surface area contributed by atoms with Crippen LogP contribution in [0.25, 0.3) is 0 Å². The SMILES string of the molecule is CCN(CCO)C(=O)Nc1cccc(Br)c1COC. The highest BCUT2D eigenvalue weighted by Crippen LogP contribution is 2.25. The molecule has 1 rings (SSSR count). The third-order valence-electron chi connectivity index (χ3n) is 2.69. The van der Waals surface area contributed by atoms with E-state index in [9.17, 15) is 4.79 Å². The maximum Gasteiger partial charge on any atom is 0.321 e. The second-order valence-electron chi connectivity index (χ2n) is 3.93. The van der Waals surface area contributed by atoms with Crippen molar-refractivity contribution in [1.82, 2.24) is 4.90 Å². The third-order valence-corrected chi connectivity index (χ3v) is 3.43. The first-order chi connectivity index (χ1) is 9.13. The van der Waals surface area contributed by atoms with E-state index in [0.717, 1.165) is 10.0 Å². The van der Waals surface area contributed by atoms with Crippen LogP contribution in [0.2, 0.25) is 0 Å². The van der Waals surface area contributed by atoms with Gasteiger partial charge in [-0.3, -0.25) is 0 Å². The molecule has 0 spiro atoms. The number of hydrogen-bond donors (Lipinski definition) is 2. The van der Waals surface area contributed by atoms with Crippen LogP contribution in [0.5, 0.6) is 0 Å². The van der Waals surface area contributed by atoms with Crippen LogP contribution in [0.15, 0.2) is 22.7 Å². The molecule has 106 valence electrons. The number of aliphatic hydroxyl groups is 1. The van der Waals surface area contributed by atoms with Gasteiger partial charge in [-0.15, -0.1) is 0 Å². The average Bonchev–Trinajstić information content (AvgIpc) is 2.40. The highest BCUT2D eigenvalue weighted by atomic mass is 79.9. The van der Waals surface area contributed by atoms with Crippen molar-refractivity contribution in [2.45, 2.75) is 13.5 Å². The molecule has 2 N–H and O–H groups in total. The first-order valence-corrected chi connectivity index (χ1v) is 6.86. The Morgan fingerprint density at radius 1 is 1.53 bits per heavy atom. The summed E-state index contributed by atoms with van der Waals surface area (Å²) >= 11 is 3.44. The Morgan fingerprint density at radius 3 is 2.84 bits per heavy atom. The number of ether oxygens (including phenoxy) is 1. The molecule has 0 aliphatic heterocycles. The Balaban J connectivity index is 2.86. The second kappa shape index (κ2) is 8.14. The Hall–Kier alpha value is -1.11. The number of hydrogen-bond acceptors (Lipinski definition) is 3. The van der Waals surface area contributed by atoms with Crippen molar-refractivity contribution in [2.75, 3.05) is 32.1 Å². The lowest BCUT2D eigenvalue weighted by atomic mass is 10.2. The van der Waals surface area contributed by atoms with E-state index in [1.807, 2.05) is 25.1 Å². The largest absolute Gasteiger partial charge is 0.395 e. The number of likely N-dealkylation sites (N-methyl/N-ethyl adjacent to an activating group) is 1. The minimum Gasteiger partial charge on any atom is -0.395 e. The highest BCUT2D eigenvalue weighted by molar-refractivity contribution is 9.10. The molecule has 0 unspecified atom stereocenters. The van der Waals surface area contributed by atoms with Gasteiger partial charge < -0.3 is 20.1 Å². The van der Waals surface area contributed by atoms with Gasteiger partial charge in [0.1, 0.15) is 0 Å².